The van der Waals surface area contributed by atoms with Gasteiger partial charge >= 0.3 is 5.97 Å². The number of ketones is 1. The zero-order valence-corrected chi connectivity index (χ0v) is 21.5. The first-order valence-electron chi connectivity index (χ1n) is 12.1. The zero-order valence-electron chi connectivity index (χ0n) is 21.5. The minimum atomic E-state index is -1.32. The van der Waals surface area contributed by atoms with Gasteiger partial charge in [-0.25, -0.2) is 0 Å². The van der Waals surface area contributed by atoms with Crippen LogP contribution in [0.4, 0.5) is 0 Å². The standard InChI is InChI=1S/C27H37N3O5/c1-17(2)13-24(27(25(32)33)10-9-20(30-27)21-15-28-11-12-29-21)35-16-22(31)18-7-8-19(26(3,4)5)23(14-18)34-6/h7-8,11-12,14-15,17,20,24,30H,9-10,13,16H2,1-6H3,(H,32,33)/t20-,24?,27+/m1/s1. The van der Waals surface area contributed by atoms with E-state index in [1.165, 1.54) is 0 Å². The van der Waals surface area contributed by atoms with Crippen molar-refractivity contribution in [1.82, 2.24) is 15.3 Å². The molecule has 2 N–H and O–H groups in total. The molecule has 3 rings (SSSR count). The molecule has 0 spiro atoms. The van der Waals surface area contributed by atoms with Gasteiger partial charge in [-0.3, -0.25) is 24.9 Å². The average molecular weight is 484 g/mol. The number of Topliss-reactive ketones (excluding diaryl/α,β-unsaturated/α-hetero) is 1. The molecule has 1 unspecified atom stereocenters. The topological polar surface area (TPSA) is 111 Å². The van der Waals surface area contributed by atoms with Gasteiger partial charge in [0, 0.05) is 24.2 Å². The van der Waals surface area contributed by atoms with Crippen LogP contribution in [0, 0.1) is 5.92 Å². The van der Waals surface area contributed by atoms with Crippen molar-refractivity contribution >= 4 is 11.8 Å². The second-order valence-electron chi connectivity index (χ2n) is 10.7. The van der Waals surface area contributed by atoms with Gasteiger partial charge in [-0.05, 0) is 42.2 Å². The third-order valence-electron chi connectivity index (χ3n) is 6.56. The molecule has 8 heteroatoms. The van der Waals surface area contributed by atoms with E-state index in [0.29, 0.717) is 36.3 Å². The number of ether oxygens (including phenoxy) is 2. The minimum absolute atomic E-state index is 0.131. The van der Waals surface area contributed by atoms with Crippen molar-refractivity contribution in [1.29, 1.82) is 0 Å². The number of nitrogens with one attached hydrogen (secondary N) is 1. The number of hydrogen-bond acceptors (Lipinski definition) is 7. The van der Waals surface area contributed by atoms with Crippen LogP contribution >= 0.6 is 0 Å². The Bertz CT molecular complexity index is 1030. The number of aromatic nitrogens is 2. The van der Waals surface area contributed by atoms with Crippen LogP contribution in [0.15, 0.2) is 36.8 Å². The van der Waals surface area contributed by atoms with Crippen molar-refractivity contribution in [3.05, 3.63) is 53.6 Å². The van der Waals surface area contributed by atoms with Crippen molar-refractivity contribution in [2.24, 2.45) is 5.92 Å². The molecule has 35 heavy (non-hydrogen) atoms. The maximum absolute atomic E-state index is 13.1. The maximum atomic E-state index is 13.1. The lowest BCUT2D eigenvalue weighted by atomic mass is 9.85. The van der Waals surface area contributed by atoms with Crippen molar-refractivity contribution in [3.8, 4) is 5.75 Å². The highest BCUT2D eigenvalue weighted by Crippen LogP contribution is 2.38. The number of carbonyl (C=O) groups is 2. The summed E-state index contributed by atoms with van der Waals surface area (Å²) < 4.78 is 11.6. The number of carbonyl (C=O) groups excluding carboxylic acids is 1. The van der Waals surface area contributed by atoms with Crippen LogP contribution in [0.25, 0.3) is 0 Å². The Kier molecular flexibility index (Phi) is 8.28. The molecule has 1 aromatic heterocycles. The molecule has 0 amide bonds. The number of nitrogens with zero attached hydrogens (tertiary/aromatic N) is 2. The van der Waals surface area contributed by atoms with Crippen LogP contribution in [0.1, 0.15) is 81.5 Å². The Morgan fingerprint density at radius 1 is 1.26 bits per heavy atom. The molecular formula is C27H37N3O5. The molecule has 1 aliphatic rings. The van der Waals surface area contributed by atoms with Crippen molar-refractivity contribution in [2.75, 3.05) is 13.7 Å². The fraction of sp³-hybridized carbons (Fsp3) is 0.556. The fourth-order valence-electron chi connectivity index (χ4n) is 4.68. The zero-order chi connectivity index (χ0) is 25.8. The van der Waals surface area contributed by atoms with Gasteiger partial charge < -0.3 is 14.6 Å². The van der Waals surface area contributed by atoms with Crippen LogP contribution in [-0.2, 0) is 14.9 Å². The second kappa shape index (κ2) is 10.8. The first-order valence-corrected chi connectivity index (χ1v) is 12.1. The molecule has 1 saturated heterocycles. The minimum Gasteiger partial charge on any atom is -0.496 e. The number of benzene rings is 1. The summed E-state index contributed by atoms with van der Waals surface area (Å²) in [5.41, 5.74) is 0.721. The molecule has 0 radical (unpaired) electrons. The predicted molar refractivity (Wildman–Crippen MR) is 133 cm³/mol. The molecule has 0 bridgehead atoms. The van der Waals surface area contributed by atoms with Gasteiger partial charge in [0.1, 0.15) is 17.9 Å². The number of carboxylic acids is 1. The molecule has 1 aliphatic heterocycles. The summed E-state index contributed by atoms with van der Waals surface area (Å²) in [6, 6.07) is 5.16. The van der Waals surface area contributed by atoms with Crippen molar-refractivity contribution < 1.29 is 24.2 Å². The van der Waals surface area contributed by atoms with E-state index in [1.54, 1.807) is 37.8 Å². The summed E-state index contributed by atoms with van der Waals surface area (Å²) >= 11 is 0. The van der Waals surface area contributed by atoms with Gasteiger partial charge in [-0.2, -0.15) is 0 Å². The van der Waals surface area contributed by atoms with Gasteiger partial charge in [-0.1, -0.05) is 46.8 Å². The summed E-state index contributed by atoms with van der Waals surface area (Å²) in [6.45, 7) is 10.1. The first-order chi connectivity index (χ1) is 16.5. The summed E-state index contributed by atoms with van der Waals surface area (Å²) in [5, 5.41) is 13.6. The van der Waals surface area contributed by atoms with Gasteiger partial charge in [0.05, 0.1) is 24.9 Å². The highest BCUT2D eigenvalue weighted by Gasteiger charge is 2.52. The Labute approximate surface area is 207 Å². The van der Waals surface area contributed by atoms with Gasteiger partial charge in [0.15, 0.2) is 5.78 Å². The summed E-state index contributed by atoms with van der Waals surface area (Å²) in [4.78, 5) is 34.1. The van der Waals surface area contributed by atoms with E-state index in [0.717, 1.165) is 5.56 Å². The lowest BCUT2D eigenvalue weighted by Crippen LogP contribution is -2.58. The second-order valence-corrected chi connectivity index (χ2v) is 10.7. The van der Waals surface area contributed by atoms with Gasteiger partial charge in [0.2, 0.25) is 0 Å². The van der Waals surface area contributed by atoms with E-state index >= 15 is 0 Å². The Hall–Kier alpha value is -2.84. The van der Waals surface area contributed by atoms with E-state index in [2.05, 4.69) is 36.1 Å². The summed E-state index contributed by atoms with van der Waals surface area (Å²) in [5.74, 6) is -0.386. The summed E-state index contributed by atoms with van der Waals surface area (Å²) in [6.07, 6.45) is 5.57. The Balaban J connectivity index is 1.81. The van der Waals surface area contributed by atoms with Crippen molar-refractivity contribution in [2.45, 2.75) is 77.0 Å². The molecule has 8 nitrogen and oxygen atoms in total. The largest absolute Gasteiger partial charge is 0.496 e. The number of hydrogen-bond donors (Lipinski definition) is 2. The monoisotopic (exact) mass is 483 g/mol. The number of carboxylic acid groups (broad SMARTS) is 1. The molecule has 3 atom stereocenters. The van der Waals surface area contributed by atoms with Crippen LogP contribution in [0.2, 0.25) is 0 Å². The number of aliphatic carboxylic acids is 1. The van der Waals surface area contributed by atoms with E-state index in [9.17, 15) is 14.7 Å². The normalized spacial score (nSPS) is 21.2. The van der Waals surface area contributed by atoms with Crippen LogP contribution in [0.5, 0.6) is 5.75 Å². The molecule has 1 fully saturated rings. The molecule has 1 aromatic carbocycles. The van der Waals surface area contributed by atoms with Gasteiger partial charge in [0.25, 0.3) is 0 Å². The maximum Gasteiger partial charge on any atom is 0.326 e. The number of methoxy groups -OCH3 is 1. The lowest BCUT2D eigenvalue weighted by Gasteiger charge is -2.35. The molecule has 2 heterocycles. The summed E-state index contributed by atoms with van der Waals surface area (Å²) in [7, 11) is 1.59. The van der Waals surface area contributed by atoms with E-state index in [-0.39, 0.29) is 29.8 Å². The predicted octanol–water partition coefficient (Wildman–Crippen LogP) is 4.34. The van der Waals surface area contributed by atoms with Crippen LogP contribution in [0.3, 0.4) is 0 Å². The van der Waals surface area contributed by atoms with E-state index in [1.807, 2.05) is 19.9 Å². The van der Waals surface area contributed by atoms with E-state index < -0.39 is 17.6 Å². The third-order valence-corrected chi connectivity index (χ3v) is 6.56. The first kappa shape index (κ1) is 26.8. The lowest BCUT2D eigenvalue weighted by molar-refractivity contribution is -0.152. The highest BCUT2D eigenvalue weighted by atomic mass is 16.5. The molecule has 0 aliphatic carbocycles. The smallest absolute Gasteiger partial charge is 0.326 e. The Morgan fingerprint density at radius 2 is 2.00 bits per heavy atom. The van der Waals surface area contributed by atoms with Crippen LogP contribution < -0.4 is 10.1 Å². The quantitative estimate of drug-likeness (QED) is 0.480. The van der Waals surface area contributed by atoms with Crippen LogP contribution in [-0.4, -0.2) is 52.2 Å². The molecule has 2 aromatic rings. The van der Waals surface area contributed by atoms with E-state index in [4.69, 9.17) is 9.47 Å². The molecular weight excluding hydrogens is 446 g/mol. The highest BCUT2D eigenvalue weighted by molar-refractivity contribution is 5.97. The fourth-order valence-corrected chi connectivity index (χ4v) is 4.68. The molecule has 0 saturated carbocycles. The average Bonchev–Trinajstić information content (AvgIpc) is 3.28. The molecule has 190 valence electrons. The Morgan fingerprint density at radius 3 is 2.57 bits per heavy atom. The number of rotatable bonds is 10. The SMILES string of the molecule is COc1cc(C(=O)COC(CC(C)C)[C@]2(C(=O)O)CC[C@H](c3cnccn3)N2)ccc1C(C)(C)C. The third kappa shape index (κ3) is 6.05. The van der Waals surface area contributed by atoms with Crippen molar-refractivity contribution in [3.63, 3.8) is 0 Å². The van der Waals surface area contributed by atoms with Gasteiger partial charge in [-0.15, -0.1) is 0 Å².